The van der Waals surface area contributed by atoms with Crippen LogP contribution >= 0.6 is 0 Å². The first-order valence-corrected chi connectivity index (χ1v) is 6.43. The lowest BCUT2D eigenvalue weighted by molar-refractivity contribution is 0.222. The molecule has 0 atom stereocenters. The maximum absolute atomic E-state index is 5.98. The Bertz CT molecular complexity index is 377. The van der Waals surface area contributed by atoms with Crippen LogP contribution in [0.15, 0.2) is 18.3 Å². The molecule has 2 rings (SSSR count). The quantitative estimate of drug-likeness (QED) is 0.853. The summed E-state index contributed by atoms with van der Waals surface area (Å²) in [4.78, 5) is 6.65. The van der Waals surface area contributed by atoms with E-state index in [0.717, 1.165) is 11.5 Å². The summed E-state index contributed by atoms with van der Waals surface area (Å²) in [6.07, 6.45) is 6.86. The molecule has 1 aromatic heterocycles. The maximum Gasteiger partial charge on any atom is 0.151 e. The second-order valence-corrected chi connectivity index (χ2v) is 5.92. The summed E-state index contributed by atoms with van der Waals surface area (Å²) in [5.74, 6) is 0.928. The van der Waals surface area contributed by atoms with Crippen molar-refractivity contribution in [3.05, 3.63) is 18.3 Å². The molecule has 17 heavy (non-hydrogen) atoms. The van der Waals surface area contributed by atoms with Crippen LogP contribution in [-0.4, -0.2) is 18.1 Å². The van der Waals surface area contributed by atoms with E-state index in [1.54, 1.807) is 0 Å². The van der Waals surface area contributed by atoms with Crippen LogP contribution in [0.2, 0.25) is 0 Å². The Hall–Kier alpha value is -1.25. The van der Waals surface area contributed by atoms with Crippen LogP contribution in [0.3, 0.4) is 0 Å². The molecule has 0 saturated heterocycles. The molecule has 1 saturated carbocycles. The average molecular weight is 233 g/mol. The Balaban J connectivity index is 2.07. The van der Waals surface area contributed by atoms with Crippen molar-refractivity contribution in [1.82, 2.24) is 4.98 Å². The van der Waals surface area contributed by atoms with Crippen molar-refractivity contribution in [2.75, 3.05) is 17.7 Å². The zero-order valence-electron chi connectivity index (χ0n) is 11.1. The fourth-order valence-corrected chi connectivity index (χ4v) is 2.65. The highest BCUT2D eigenvalue weighted by Crippen LogP contribution is 2.37. The zero-order valence-corrected chi connectivity index (χ0v) is 11.1. The molecular formula is C14H23N3. The third-order valence-corrected chi connectivity index (χ3v) is 4.01. The molecule has 1 heterocycles. The van der Waals surface area contributed by atoms with E-state index in [2.05, 4.69) is 30.8 Å². The average Bonchev–Trinajstić information content (AvgIpc) is 2.29. The van der Waals surface area contributed by atoms with Gasteiger partial charge in [-0.1, -0.05) is 13.8 Å². The van der Waals surface area contributed by atoms with Crippen LogP contribution in [-0.2, 0) is 0 Å². The van der Waals surface area contributed by atoms with Crippen molar-refractivity contribution in [2.24, 2.45) is 5.41 Å². The number of nitrogens with two attached hydrogens (primary N) is 1. The number of pyridine rings is 1. The van der Waals surface area contributed by atoms with Gasteiger partial charge in [-0.3, -0.25) is 0 Å². The van der Waals surface area contributed by atoms with Crippen LogP contribution in [0.5, 0.6) is 0 Å². The highest BCUT2D eigenvalue weighted by atomic mass is 15.2. The number of hydrogen-bond acceptors (Lipinski definition) is 3. The molecule has 1 aromatic rings. The number of aromatic nitrogens is 1. The van der Waals surface area contributed by atoms with Gasteiger partial charge in [0.25, 0.3) is 0 Å². The lowest BCUT2D eigenvalue weighted by atomic mass is 9.75. The fourth-order valence-electron chi connectivity index (χ4n) is 2.65. The number of rotatable bonds is 2. The highest BCUT2D eigenvalue weighted by Gasteiger charge is 2.29. The van der Waals surface area contributed by atoms with Gasteiger partial charge >= 0.3 is 0 Å². The van der Waals surface area contributed by atoms with Gasteiger partial charge in [-0.2, -0.15) is 0 Å². The molecule has 0 aliphatic heterocycles. The molecule has 0 bridgehead atoms. The Morgan fingerprint density at radius 2 is 2.00 bits per heavy atom. The van der Waals surface area contributed by atoms with E-state index in [1.165, 1.54) is 25.7 Å². The standard InChI is InChI=1S/C14H23N3/c1-14(2)8-6-11(7-9-14)17(3)13-12(15)5-4-10-16-13/h4-5,10-11H,6-9,15H2,1-3H3. The van der Waals surface area contributed by atoms with Gasteiger partial charge in [-0.05, 0) is 43.2 Å². The molecule has 0 amide bonds. The van der Waals surface area contributed by atoms with E-state index in [4.69, 9.17) is 5.73 Å². The largest absolute Gasteiger partial charge is 0.396 e. The molecule has 2 N–H and O–H groups in total. The minimum Gasteiger partial charge on any atom is -0.396 e. The van der Waals surface area contributed by atoms with Crippen LogP contribution in [0.4, 0.5) is 11.5 Å². The van der Waals surface area contributed by atoms with E-state index in [1.807, 2.05) is 18.3 Å². The minimum absolute atomic E-state index is 0.507. The number of nitrogen functional groups attached to an aromatic ring is 1. The van der Waals surface area contributed by atoms with Gasteiger partial charge < -0.3 is 10.6 Å². The topological polar surface area (TPSA) is 42.2 Å². The van der Waals surface area contributed by atoms with Crippen LogP contribution in [0.1, 0.15) is 39.5 Å². The van der Waals surface area contributed by atoms with Gasteiger partial charge in [-0.15, -0.1) is 0 Å². The Morgan fingerprint density at radius 1 is 1.35 bits per heavy atom. The first kappa shape index (κ1) is 12.2. The van der Waals surface area contributed by atoms with Gasteiger partial charge in [0.05, 0.1) is 5.69 Å². The SMILES string of the molecule is CN(c1ncccc1N)C1CCC(C)(C)CC1. The summed E-state index contributed by atoms with van der Waals surface area (Å²) in [5.41, 5.74) is 7.26. The molecule has 1 aliphatic rings. The summed E-state index contributed by atoms with van der Waals surface area (Å²) < 4.78 is 0. The van der Waals surface area contributed by atoms with Gasteiger partial charge in [0.1, 0.15) is 0 Å². The van der Waals surface area contributed by atoms with Crippen LogP contribution < -0.4 is 10.6 Å². The minimum atomic E-state index is 0.507. The fraction of sp³-hybridized carbons (Fsp3) is 0.643. The monoisotopic (exact) mass is 233 g/mol. The lowest BCUT2D eigenvalue weighted by Crippen LogP contribution is -2.38. The molecule has 0 radical (unpaired) electrons. The van der Waals surface area contributed by atoms with Crippen molar-refractivity contribution >= 4 is 11.5 Å². The van der Waals surface area contributed by atoms with Gasteiger partial charge in [-0.25, -0.2) is 4.98 Å². The van der Waals surface area contributed by atoms with E-state index >= 15 is 0 Å². The number of anilines is 2. The van der Waals surface area contributed by atoms with Gasteiger partial charge in [0, 0.05) is 19.3 Å². The predicted molar refractivity (Wildman–Crippen MR) is 73.1 cm³/mol. The van der Waals surface area contributed by atoms with E-state index in [0.29, 0.717) is 11.5 Å². The highest BCUT2D eigenvalue weighted by molar-refractivity contribution is 5.62. The second kappa shape index (κ2) is 4.55. The predicted octanol–water partition coefficient (Wildman–Crippen LogP) is 3.07. The number of nitrogens with zero attached hydrogens (tertiary/aromatic N) is 2. The summed E-state index contributed by atoms with van der Waals surface area (Å²) in [6.45, 7) is 4.72. The molecule has 3 nitrogen and oxygen atoms in total. The van der Waals surface area contributed by atoms with Crippen molar-refractivity contribution in [3.63, 3.8) is 0 Å². The summed E-state index contributed by atoms with van der Waals surface area (Å²) in [5, 5.41) is 0. The summed E-state index contributed by atoms with van der Waals surface area (Å²) in [7, 11) is 2.11. The van der Waals surface area contributed by atoms with Crippen molar-refractivity contribution < 1.29 is 0 Å². The molecule has 0 aromatic carbocycles. The molecule has 0 spiro atoms. The first-order valence-electron chi connectivity index (χ1n) is 6.43. The maximum atomic E-state index is 5.98. The summed E-state index contributed by atoms with van der Waals surface area (Å²) in [6, 6.07) is 4.39. The smallest absolute Gasteiger partial charge is 0.151 e. The first-order chi connectivity index (χ1) is 7.99. The molecule has 1 fully saturated rings. The molecule has 1 aliphatic carbocycles. The van der Waals surface area contributed by atoms with Crippen molar-refractivity contribution in [1.29, 1.82) is 0 Å². The van der Waals surface area contributed by atoms with Crippen molar-refractivity contribution in [2.45, 2.75) is 45.6 Å². The Labute approximate surface area is 104 Å². The Kier molecular flexibility index (Phi) is 3.27. The van der Waals surface area contributed by atoms with Crippen molar-refractivity contribution in [3.8, 4) is 0 Å². The van der Waals surface area contributed by atoms with Crippen LogP contribution in [0.25, 0.3) is 0 Å². The molecule has 0 unspecified atom stereocenters. The zero-order chi connectivity index (χ0) is 12.5. The summed E-state index contributed by atoms with van der Waals surface area (Å²) >= 11 is 0. The number of hydrogen-bond donors (Lipinski definition) is 1. The van der Waals surface area contributed by atoms with Gasteiger partial charge in [0.2, 0.25) is 0 Å². The third-order valence-electron chi connectivity index (χ3n) is 4.01. The van der Waals surface area contributed by atoms with Crippen LogP contribution in [0, 0.1) is 5.41 Å². The third kappa shape index (κ3) is 2.71. The Morgan fingerprint density at radius 3 is 2.59 bits per heavy atom. The molecule has 94 valence electrons. The lowest BCUT2D eigenvalue weighted by Gasteiger charge is -2.39. The molecule has 3 heteroatoms. The second-order valence-electron chi connectivity index (χ2n) is 5.92. The van der Waals surface area contributed by atoms with Gasteiger partial charge in [0.15, 0.2) is 5.82 Å². The molecular weight excluding hydrogens is 210 g/mol. The van der Waals surface area contributed by atoms with E-state index in [9.17, 15) is 0 Å². The normalized spacial score (nSPS) is 20.2. The van der Waals surface area contributed by atoms with E-state index < -0.39 is 0 Å². The van der Waals surface area contributed by atoms with E-state index in [-0.39, 0.29) is 0 Å².